The van der Waals surface area contributed by atoms with Crippen molar-refractivity contribution >= 4 is 17.5 Å². The molecule has 7 nitrogen and oxygen atoms in total. The first kappa shape index (κ1) is 20.1. The van der Waals surface area contributed by atoms with Gasteiger partial charge < -0.3 is 20.1 Å². The molecule has 2 N–H and O–H groups in total. The van der Waals surface area contributed by atoms with Crippen LogP contribution < -0.4 is 20.1 Å². The van der Waals surface area contributed by atoms with Crippen LogP contribution in [-0.4, -0.2) is 36.6 Å². The summed E-state index contributed by atoms with van der Waals surface area (Å²) in [6.07, 6.45) is 0.757. The maximum absolute atomic E-state index is 12.5. The maximum atomic E-state index is 12.5. The Balaban J connectivity index is 1.68. The molecule has 0 aliphatic rings. The van der Waals surface area contributed by atoms with Crippen molar-refractivity contribution in [1.29, 1.82) is 0 Å². The minimum Gasteiger partial charge on any atom is -0.493 e. The van der Waals surface area contributed by atoms with Crippen LogP contribution in [-0.2, 0) is 6.42 Å². The molecule has 0 spiro atoms. The molecule has 150 valence electrons. The molecule has 0 bridgehead atoms. The number of hydrogen-bond acceptors (Lipinski definition) is 6. The predicted molar refractivity (Wildman–Crippen MR) is 112 cm³/mol. The van der Waals surface area contributed by atoms with Gasteiger partial charge in [0, 0.05) is 24.0 Å². The van der Waals surface area contributed by atoms with Crippen molar-refractivity contribution in [3.8, 4) is 11.5 Å². The molecule has 0 unspecified atom stereocenters. The lowest BCUT2D eigenvalue weighted by Crippen LogP contribution is -2.27. The van der Waals surface area contributed by atoms with Gasteiger partial charge in [0.1, 0.15) is 5.69 Å². The van der Waals surface area contributed by atoms with Gasteiger partial charge in [0.15, 0.2) is 11.5 Å². The fraction of sp³-hybridized carbons (Fsp3) is 0.227. The highest BCUT2D eigenvalue weighted by Crippen LogP contribution is 2.30. The molecule has 1 aromatic heterocycles. The molecule has 2 aromatic carbocycles. The molecule has 7 heteroatoms. The van der Waals surface area contributed by atoms with Crippen LogP contribution in [0.5, 0.6) is 11.5 Å². The first-order valence-corrected chi connectivity index (χ1v) is 9.26. The number of ether oxygens (including phenoxy) is 2. The summed E-state index contributed by atoms with van der Waals surface area (Å²) in [5, 5.41) is 6.02. The Morgan fingerprint density at radius 1 is 0.966 bits per heavy atom. The molecule has 0 radical (unpaired) electrons. The number of amides is 1. The van der Waals surface area contributed by atoms with Crippen LogP contribution in [0.2, 0.25) is 0 Å². The van der Waals surface area contributed by atoms with Crippen LogP contribution >= 0.6 is 0 Å². The van der Waals surface area contributed by atoms with Crippen molar-refractivity contribution in [2.45, 2.75) is 13.3 Å². The minimum atomic E-state index is -0.234. The first-order chi connectivity index (χ1) is 14.1. The number of methoxy groups -OCH3 is 2. The predicted octanol–water partition coefficient (Wildman–Crippen LogP) is 3.52. The number of carbonyl (C=O) groups is 1. The summed E-state index contributed by atoms with van der Waals surface area (Å²) in [6.45, 7) is 2.35. The highest BCUT2D eigenvalue weighted by atomic mass is 16.5. The van der Waals surface area contributed by atoms with Gasteiger partial charge in [-0.1, -0.05) is 30.3 Å². The van der Waals surface area contributed by atoms with Gasteiger partial charge in [0.25, 0.3) is 5.91 Å². The molecule has 1 amide bonds. The van der Waals surface area contributed by atoms with Crippen molar-refractivity contribution in [3.63, 3.8) is 0 Å². The van der Waals surface area contributed by atoms with E-state index in [0.717, 1.165) is 12.1 Å². The molecule has 0 fully saturated rings. The molecule has 0 saturated carbocycles. The van der Waals surface area contributed by atoms with Crippen molar-refractivity contribution in [3.05, 3.63) is 71.5 Å². The van der Waals surface area contributed by atoms with E-state index in [2.05, 4.69) is 20.6 Å². The number of rotatable bonds is 8. The number of hydrogen-bond donors (Lipinski definition) is 2. The molecule has 3 rings (SSSR count). The van der Waals surface area contributed by atoms with Gasteiger partial charge in [-0.15, -0.1) is 0 Å². The Morgan fingerprint density at radius 2 is 1.72 bits per heavy atom. The topological polar surface area (TPSA) is 85.4 Å². The number of aryl methyl sites for hydroxylation is 1. The molecular weight excluding hydrogens is 368 g/mol. The first-order valence-electron chi connectivity index (χ1n) is 9.26. The normalized spacial score (nSPS) is 10.3. The molecule has 0 aliphatic carbocycles. The van der Waals surface area contributed by atoms with Gasteiger partial charge in [-0.25, -0.2) is 9.97 Å². The quantitative estimate of drug-likeness (QED) is 0.610. The van der Waals surface area contributed by atoms with Crippen LogP contribution in [0.1, 0.15) is 21.7 Å². The third-order valence-corrected chi connectivity index (χ3v) is 4.27. The van der Waals surface area contributed by atoms with E-state index >= 15 is 0 Å². The Labute approximate surface area is 170 Å². The standard InChI is InChI=1S/C22H24N4O3/c1-15-13-18(21(27)23-12-11-16-7-5-4-6-8-16)26-22(24-15)25-17-9-10-19(28-2)20(14-17)29-3/h4-10,13-14H,11-12H2,1-3H3,(H,23,27)(H,24,25,26). The lowest BCUT2D eigenvalue weighted by Gasteiger charge is -2.11. The van der Waals surface area contributed by atoms with Crippen molar-refractivity contribution < 1.29 is 14.3 Å². The number of aromatic nitrogens is 2. The van der Waals surface area contributed by atoms with Gasteiger partial charge in [-0.05, 0) is 37.1 Å². The van der Waals surface area contributed by atoms with E-state index in [9.17, 15) is 4.79 Å². The fourth-order valence-corrected chi connectivity index (χ4v) is 2.84. The van der Waals surface area contributed by atoms with Crippen molar-refractivity contribution in [2.75, 3.05) is 26.1 Å². The highest BCUT2D eigenvalue weighted by molar-refractivity contribution is 5.92. The van der Waals surface area contributed by atoms with E-state index in [1.54, 1.807) is 32.4 Å². The average molecular weight is 392 g/mol. The number of nitrogens with zero attached hydrogens (tertiary/aromatic N) is 2. The number of carbonyl (C=O) groups excluding carboxylic acids is 1. The summed E-state index contributed by atoms with van der Waals surface area (Å²) in [5.74, 6) is 1.32. The van der Waals surface area contributed by atoms with Gasteiger partial charge in [0.2, 0.25) is 5.95 Å². The Hall–Kier alpha value is -3.61. The van der Waals surface area contributed by atoms with Gasteiger partial charge in [0.05, 0.1) is 14.2 Å². The Kier molecular flexibility index (Phi) is 6.63. The average Bonchev–Trinajstić information content (AvgIpc) is 2.74. The van der Waals surface area contributed by atoms with Crippen LogP contribution in [0.25, 0.3) is 0 Å². The van der Waals surface area contributed by atoms with Crippen LogP contribution in [0.15, 0.2) is 54.6 Å². The van der Waals surface area contributed by atoms with E-state index in [4.69, 9.17) is 9.47 Å². The van der Waals surface area contributed by atoms with Gasteiger partial charge >= 0.3 is 0 Å². The SMILES string of the molecule is COc1ccc(Nc2nc(C)cc(C(=O)NCCc3ccccc3)n2)cc1OC. The molecule has 29 heavy (non-hydrogen) atoms. The van der Waals surface area contributed by atoms with E-state index in [1.807, 2.05) is 43.3 Å². The second-order valence-corrected chi connectivity index (χ2v) is 6.40. The van der Waals surface area contributed by atoms with Gasteiger partial charge in [-0.2, -0.15) is 0 Å². The maximum Gasteiger partial charge on any atom is 0.270 e. The molecule has 1 heterocycles. The zero-order valence-electron chi connectivity index (χ0n) is 16.7. The third kappa shape index (κ3) is 5.44. The molecule has 0 saturated heterocycles. The number of nitrogens with one attached hydrogen (secondary N) is 2. The molecule has 3 aromatic rings. The third-order valence-electron chi connectivity index (χ3n) is 4.27. The second-order valence-electron chi connectivity index (χ2n) is 6.40. The van der Waals surface area contributed by atoms with Crippen LogP contribution in [0.4, 0.5) is 11.6 Å². The zero-order valence-corrected chi connectivity index (χ0v) is 16.7. The van der Waals surface area contributed by atoms with Gasteiger partial charge in [-0.3, -0.25) is 4.79 Å². The van der Waals surface area contributed by atoms with E-state index in [1.165, 1.54) is 5.56 Å². The molecular formula is C22H24N4O3. The highest BCUT2D eigenvalue weighted by Gasteiger charge is 2.11. The summed E-state index contributed by atoms with van der Waals surface area (Å²) in [5.41, 5.74) is 2.90. The smallest absolute Gasteiger partial charge is 0.270 e. The summed E-state index contributed by atoms with van der Waals surface area (Å²) in [6, 6.07) is 17.1. The van der Waals surface area contributed by atoms with E-state index in [0.29, 0.717) is 35.4 Å². The van der Waals surface area contributed by atoms with E-state index in [-0.39, 0.29) is 5.91 Å². The van der Waals surface area contributed by atoms with Crippen LogP contribution in [0.3, 0.4) is 0 Å². The summed E-state index contributed by atoms with van der Waals surface area (Å²) >= 11 is 0. The largest absolute Gasteiger partial charge is 0.493 e. The second kappa shape index (κ2) is 9.54. The lowest BCUT2D eigenvalue weighted by molar-refractivity contribution is 0.0949. The van der Waals surface area contributed by atoms with E-state index < -0.39 is 0 Å². The van der Waals surface area contributed by atoms with Crippen LogP contribution in [0, 0.1) is 6.92 Å². The fourth-order valence-electron chi connectivity index (χ4n) is 2.84. The lowest BCUT2D eigenvalue weighted by atomic mass is 10.1. The van der Waals surface area contributed by atoms with Crippen molar-refractivity contribution in [2.24, 2.45) is 0 Å². The monoisotopic (exact) mass is 392 g/mol. The number of benzene rings is 2. The summed E-state index contributed by atoms with van der Waals surface area (Å²) < 4.78 is 10.6. The zero-order chi connectivity index (χ0) is 20.6. The Bertz CT molecular complexity index is 977. The number of anilines is 2. The van der Waals surface area contributed by atoms with Crippen molar-refractivity contribution in [1.82, 2.24) is 15.3 Å². The minimum absolute atomic E-state index is 0.234. The summed E-state index contributed by atoms with van der Waals surface area (Å²) in [4.78, 5) is 21.2. The molecule has 0 atom stereocenters. The summed E-state index contributed by atoms with van der Waals surface area (Å²) in [7, 11) is 3.15. The molecule has 0 aliphatic heterocycles. The Morgan fingerprint density at radius 3 is 2.45 bits per heavy atom.